The fourth-order valence-corrected chi connectivity index (χ4v) is 2.76. The summed E-state index contributed by atoms with van der Waals surface area (Å²) in [6, 6.07) is 3.15. The largest absolute Gasteiger partial charge is 0.469 e. The Hall–Kier alpha value is -0.850. The Labute approximate surface area is 156 Å². The zero-order valence-corrected chi connectivity index (χ0v) is 17.1. The van der Waals surface area contributed by atoms with Crippen LogP contribution in [0.2, 0.25) is 0 Å². The average molecular weight is 390 g/mol. The van der Waals surface area contributed by atoms with Crippen molar-refractivity contribution in [3.63, 3.8) is 0 Å². The van der Waals surface area contributed by atoms with Gasteiger partial charge in [0, 0.05) is 12.4 Å². The summed E-state index contributed by atoms with van der Waals surface area (Å²) in [5.74, 6) is 0. The van der Waals surface area contributed by atoms with Crippen molar-refractivity contribution in [3.05, 3.63) is 30.1 Å². The van der Waals surface area contributed by atoms with Gasteiger partial charge in [-0.3, -0.25) is 9.51 Å². The third kappa shape index (κ3) is 13.1. The lowest BCUT2D eigenvalue weighted by Crippen LogP contribution is -2.30. The summed E-state index contributed by atoms with van der Waals surface area (Å²) in [6.45, 7) is 6.00. The van der Waals surface area contributed by atoms with Gasteiger partial charge in [0.05, 0.1) is 17.6 Å². The number of hydrogen-bond donors (Lipinski definition) is 3. The van der Waals surface area contributed by atoms with Crippen LogP contribution in [-0.4, -0.2) is 26.4 Å². The lowest BCUT2D eigenvalue weighted by atomic mass is 10.1. The number of thiocarbonyl (C=S) groups is 1. The van der Waals surface area contributed by atoms with E-state index < -0.39 is 13.9 Å². The smallest absolute Gasteiger partial charge is 0.370 e. The molecule has 0 bridgehead atoms. The molecule has 1 aromatic heterocycles. The Balaban J connectivity index is 0.00000277. The van der Waals surface area contributed by atoms with E-state index in [4.69, 9.17) is 22.0 Å². The third-order valence-electron chi connectivity index (χ3n) is 3.34. The second-order valence-corrected chi connectivity index (χ2v) is 7.09. The van der Waals surface area contributed by atoms with E-state index in [1.165, 1.54) is 19.3 Å². The quantitative estimate of drug-likeness (QED) is 0.290. The van der Waals surface area contributed by atoms with Gasteiger partial charge >= 0.3 is 7.82 Å². The Morgan fingerprint density at radius 3 is 2.56 bits per heavy atom. The summed E-state index contributed by atoms with van der Waals surface area (Å²) in [6.07, 6.45) is 9.79. The third-order valence-corrected chi connectivity index (χ3v) is 4.15. The maximum Gasteiger partial charge on any atom is 0.469 e. The molecule has 0 amide bonds. The van der Waals surface area contributed by atoms with Crippen LogP contribution in [0.4, 0.5) is 0 Å². The van der Waals surface area contributed by atoms with Gasteiger partial charge in [0.1, 0.15) is 0 Å². The van der Waals surface area contributed by atoms with E-state index in [1.807, 2.05) is 19.9 Å². The Morgan fingerprint density at radius 2 is 2.00 bits per heavy atom. The molecule has 1 heterocycles. The summed E-state index contributed by atoms with van der Waals surface area (Å²) in [7, 11) is -4.52. The molecular formula is C17H31N2O4PS. The molecule has 1 rings (SSSR count). The first-order valence-electron chi connectivity index (χ1n) is 8.81. The molecule has 0 radical (unpaired) electrons. The van der Waals surface area contributed by atoms with Crippen LogP contribution in [0.1, 0.15) is 70.9 Å². The van der Waals surface area contributed by atoms with Gasteiger partial charge in [-0.05, 0) is 24.5 Å². The van der Waals surface area contributed by atoms with Gasteiger partial charge in [0.25, 0.3) is 0 Å². The summed E-state index contributed by atoms with van der Waals surface area (Å²) < 4.78 is 15.5. The van der Waals surface area contributed by atoms with Crippen molar-refractivity contribution in [1.29, 1.82) is 0 Å². The molecular weight excluding hydrogens is 359 g/mol. The van der Waals surface area contributed by atoms with E-state index >= 15 is 0 Å². The minimum absolute atomic E-state index is 0.175. The summed E-state index contributed by atoms with van der Waals surface area (Å²) in [4.78, 5) is 22.5. The van der Waals surface area contributed by atoms with E-state index in [0.717, 1.165) is 24.8 Å². The van der Waals surface area contributed by atoms with Gasteiger partial charge < -0.3 is 15.1 Å². The van der Waals surface area contributed by atoms with Crippen molar-refractivity contribution >= 4 is 25.0 Å². The minimum atomic E-state index is -4.52. The number of phosphoric ester groups is 1. The predicted octanol–water partition coefficient (Wildman–Crippen LogP) is 4.54. The highest BCUT2D eigenvalue weighted by atomic mass is 32.1. The molecule has 0 spiro atoms. The van der Waals surface area contributed by atoms with Crippen molar-refractivity contribution in [2.75, 3.05) is 6.61 Å². The van der Waals surface area contributed by atoms with E-state index in [-0.39, 0.29) is 6.61 Å². The molecule has 3 N–H and O–H groups in total. The number of phosphoric acid groups is 1. The van der Waals surface area contributed by atoms with Crippen LogP contribution >= 0.6 is 20.0 Å². The molecule has 6 nitrogen and oxygen atoms in total. The molecule has 25 heavy (non-hydrogen) atoms. The van der Waals surface area contributed by atoms with Gasteiger partial charge in [-0.2, -0.15) is 0 Å². The summed E-state index contributed by atoms with van der Waals surface area (Å²) in [5.41, 5.74) is 0.772. The van der Waals surface area contributed by atoms with Gasteiger partial charge in [0.2, 0.25) is 0 Å². The zero-order chi connectivity index (χ0) is 19.1. The molecule has 0 aliphatic carbocycles. The first-order chi connectivity index (χ1) is 11.9. The number of rotatable bonds is 11. The predicted molar refractivity (Wildman–Crippen MR) is 105 cm³/mol. The van der Waals surface area contributed by atoms with Crippen molar-refractivity contribution < 1.29 is 18.9 Å². The van der Waals surface area contributed by atoms with Gasteiger partial charge in [-0.1, -0.05) is 64.7 Å². The first kappa shape index (κ1) is 24.1. The number of nitrogens with one attached hydrogen (secondary N) is 1. The van der Waals surface area contributed by atoms with Crippen LogP contribution < -0.4 is 5.32 Å². The monoisotopic (exact) mass is 390 g/mol. The van der Waals surface area contributed by atoms with Crippen LogP contribution in [0.3, 0.4) is 0 Å². The van der Waals surface area contributed by atoms with E-state index in [9.17, 15) is 4.57 Å². The van der Waals surface area contributed by atoms with Gasteiger partial charge in [-0.15, -0.1) is 0 Å². The summed E-state index contributed by atoms with van der Waals surface area (Å²) >= 11 is 5.33. The van der Waals surface area contributed by atoms with E-state index in [2.05, 4.69) is 21.7 Å². The molecule has 0 aromatic carbocycles. The average Bonchev–Trinajstić information content (AvgIpc) is 2.60. The van der Waals surface area contributed by atoms with Gasteiger partial charge in [0.15, 0.2) is 0 Å². The molecule has 144 valence electrons. The lowest BCUT2D eigenvalue weighted by molar-refractivity contribution is 0.182. The minimum Gasteiger partial charge on any atom is -0.370 e. The summed E-state index contributed by atoms with van der Waals surface area (Å²) in [5, 5.41) is 3.12. The second kappa shape index (κ2) is 14.3. The molecule has 8 heteroatoms. The number of aromatic nitrogens is 1. The standard InChI is InChI=1S/C15H25N2O4PS.C2H6/c1-2-3-4-5-6-9-15(23)17-14(12-21-22(18,19)20)13-8-7-10-16-11-13;1-2/h7-8,10-11,14H,2-6,9,12H2,1H3,(H,17,23)(H2,18,19,20);1-2H3. The van der Waals surface area contributed by atoms with Crippen molar-refractivity contribution in [2.24, 2.45) is 0 Å². The fraction of sp³-hybridized carbons (Fsp3) is 0.647. The topological polar surface area (TPSA) is 91.7 Å². The highest BCUT2D eigenvalue weighted by Crippen LogP contribution is 2.37. The molecule has 0 aliphatic rings. The number of nitrogens with zero attached hydrogens (tertiary/aromatic N) is 1. The molecule has 0 saturated carbocycles. The van der Waals surface area contributed by atoms with Crippen LogP contribution in [0.5, 0.6) is 0 Å². The van der Waals surface area contributed by atoms with Crippen molar-refractivity contribution in [3.8, 4) is 0 Å². The molecule has 0 aliphatic heterocycles. The molecule has 1 atom stereocenters. The normalized spacial score (nSPS) is 12.0. The van der Waals surface area contributed by atoms with E-state index in [0.29, 0.717) is 4.99 Å². The maximum atomic E-state index is 10.9. The molecule has 1 aromatic rings. The van der Waals surface area contributed by atoms with Crippen molar-refractivity contribution in [2.45, 2.75) is 65.3 Å². The highest BCUT2D eigenvalue weighted by molar-refractivity contribution is 7.80. The lowest BCUT2D eigenvalue weighted by Gasteiger charge is -2.20. The van der Waals surface area contributed by atoms with Crippen LogP contribution in [-0.2, 0) is 9.09 Å². The Kier molecular flexibility index (Phi) is 13.8. The zero-order valence-electron chi connectivity index (χ0n) is 15.4. The Bertz CT molecular complexity index is 511. The SMILES string of the molecule is CC.CCCCCCCC(=S)NC(COP(=O)(O)O)c1cccnc1. The second-order valence-electron chi connectivity index (χ2n) is 5.36. The fourth-order valence-electron chi connectivity index (χ4n) is 2.13. The van der Waals surface area contributed by atoms with Crippen molar-refractivity contribution in [1.82, 2.24) is 10.3 Å². The molecule has 0 saturated heterocycles. The number of unbranched alkanes of at least 4 members (excludes halogenated alkanes) is 4. The number of hydrogen-bond acceptors (Lipinski definition) is 4. The van der Waals surface area contributed by atoms with Crippen LogP contribution in [0.15, 0.2) is 24.5 Å². The van der Waals surface area contributed by atoms with E-state index in [1.54, 1.807) is 18.5 Å². The van der Waals surface area contributed by atoms with Crippen LogP contribution in [0.25, 0.3) is 0 Å². The highest BCUT2D eigenvalue weighted by Gasteiger charge is 2.20. The maximum absolute atomic E-state index is 10.9. The molecule has 1 unspecified atom stereocenters. The van der Waals surface area contributed by atoms with Gasteiger partial charge in [-0.25, -0.2) is 4.57 Å². The van der Waals surface area contributed by atoms with Crippen LogP contribution in [0, 0.1) is 0 Å². The number of pyridine rings is 1. The Morgan fingerprint density at radius 1 is 1.32 bits per heavy atom. The molecule has 0 fully saturated rings. The first-order valence-corrected chi connectivity index (χ1v) is 10.8.